The van der Waals surface area contributed by atoms with Gasteiger partial charge in [0.15, 0.2) is 11.9 Å². The second kappa shape index (κ2) is 9.57. The maximum atomic E-state index is 13.1. The predicted molar refractivity (Wildman–Crippen MR) is 112 cm³/mol. The van der Waals surface area contributed by atoms with Crippen LogP contribution in [0.2, 0.25) is 0 Å². The summed E-state index contributed by atoms with van der Waals surface area (Å²) in [6.45, 7) is 8.00. The zero-order chi connectivity index (χ0) is 23.6. The number of hydrogen-bond acceptors (Lipinski definition) is 8. The SMILES string of the molecule is CC(=O)N1CCN(C(=O)C(C)OC(=O)C2CCCN(S(=O)(=O)c3c(C)noc3C)C2)CC1. The van der Waals surface area contributed by atoms with E-state index in [9.17, 15) is 22.8 Å². The molecule has 2 amide bonds. The number of rotatable bonds is 5. The van der Waals surface area contributed by atoms with Crippen LogP contribution in [0.1, 0.15) is 38.1 Å². The standard InChI is InChI=1S/C20H30N4O7S/c1-13-18(14(2)31-21-13)32(28,29)24-7-5-6-17(12-24)20(27)30-15(3)19(26)23-10-8-22(9-11-23)16(4)25/h15,17H,5-12H2,1-4H3. The lowest BCUT2D eigenvalue weighted by molar-refractivity contribution is -0.164. The van der Waals surface area contributed by atoms with Gasteiger partial charge >= 0.3 is 5.97 Å². The fourth-order valence-electron chi connectivity index (χ4n) is 4.14. The van der Waals surface area contributed by atoms with Crippen molar-refractivity contribution in [2.75, 3.05) is 39.3 Å². The molecule has 2 unspecified atom stereocenters. The Morgan fingerprint density at radius 3 is 2.28 bits per heavy atom. The van der Waals surface area contributed by atoms with Crippen LogP contribution in [-0.2, 0) is 29.1 Å². The second-order valence-electron chi connectivity index (χ2n) is 8.27. The Kier molecular flexibility index (Phi) is 7.23. The van der Waals surface area contributed by atoms with Gasteiger partial charge in [-0.3, -0.25) is 14.4 Å². The van der Waals surface area contributed by atoms with Crippen molar-refractivity contribution in [3.63, 3.8) is 0 Å². The topological polar surface area (TPSA) is 130 Å². The highest BCUT2D eigenvalue weighted by atomic mass is 32.2. The van der Waals surface area contributed by atoms with Crippen LogP contribution in [0.5, 0.6) is 0 Å². The van der Waals surface area contributed by atoms with Crippen molar-refractivity contribution in [2.45, 2.75) is 51.5 Å². The molecule has 0 spiro atoms. The molecule has 0 aromatic carbocycles. The molecule has 0 aliphatic carbocycles. The summed E-state index contributed by atoms with van der Waals surface area (Å²) in [6.07, 6.45) is -0.0107. The minimum atomic E-state index is -3.86. The van der Waals surface area contributed by atoms with Gasteiger partial charge in [-0.2, -0.15) is 4.31 Å². The average molecular weight is 471 g/mol. The van der Waals surface area contributed by atoms with Crippen LogP contribution >= 0.6 is 0 Å². The van der Waals surface area contributed by atoms with E-state index in [1.165, 1.54) is 25.1 Å². The Morgan fingerprint density at radius 2 is 1.72 bits per heavy atom. The first-order chi connectivity index (χ1) is 15.0. The summed E-state index contributed by atoms with van der Waals surface area (Å²) in [5.41, 5.74) is 0.274. The van der Waals surface area contributed by atoms with E-state index in [-0.39, 0.29) is 41.3 Å². The zero-order valence-corrected chi connectivity index (χ0v) is 19.7. The van der Waals surface area contributed by atoms with Gasteiger partial charge in [0.25, 0.3) is 5.91 Å². The molecule has 1 aromatic rings. The van der Waals surface area contributed by atoms with Crippen LogP contribution in [0, 0.1) is 19.8 Å². The number of aromatic nitrogens is 1. The summed E-state index contributed by atoms with van der Waals surface area (Å²) in [7, 11) is -3.86. The van der Waals surface area contributed by atoms with E-state index in [4.69, 9.17) is 9.26 Å². The Bertz CT molecular complexity index is 963. The quantitative estimate of drug-likeness (QED) is 0.562. The summed E-state index contributed by atoms with van der Waals surface area (Å²) in [5.74, 6) is -1.41. The van der Waals surface area contributed by atoms with Crippen molar-refractivity contribution in [1.82, 2.24) is 19.3 Å². The molecule has 12 heteroatoms. The third-order valence-corrected chi connectivity index (χ3v) is 8.07. The molecule has 0 N–H and O–H groups in total. The van der Waals surface area contributed by atoms with Crippen molar-refractivity contribution >= 4 is 27.8 Å². The number of sulfonamides is 1. The van der Waals surface area contributed by atoms with E-state index in [1.54, 1.807) is 16.7 Å². The van der Waals surface area contributed by atoms with E-state index in [0.29, 0.717) is 39.0 Å². The minimum absolute atomic E-state index is 0.0244. The number of hydrogen-bond donors (Lipinski definition) is 0. The van der Waals surface area contributed by atoms with Gasteiger partial charge in [0.05, 0.1) is 5.92 Å². The van der Waals surface area contributed by atoms with Crippen LogP contribution in [-0.4, -0.2) is 90.8 Å². The van der Waals surface area contributed by atoms with Crippen LogP contribution in [0.3, 0.4) is 0 Å². The van der Waals surface area contributed by atoms with Crippen molar-refractivity contribution in [3.05, 3.63) is 11.5 Å². The molecule has 11 nitrogen and oxygen atoms in total. The van der Waals surface area contributed by atoms with Gasteiger partial charge in [-0.05, 0) is 33.6 Å². The van der Waals surface area contributed by atoms with Crippen molar-refractivity contribution in [1.29, 1.82) is 0 Å². The van der Waals surface area contributed by atoms with Gasteiger partial charge < -0.3 is 19.1 Å². The summed E-state index contributed by atoms with van der Waals surface area (Å²) in [6, 6.07) is 0. The monoisotopic (exact) mass is 470 g/mol. The van der Waals surface area contributed by atoms with Gasteiger partial charge in [0.1, 0.15) is 10.6 Å². The van der Waals surface area contributed by atoms with Gasteiger partial charge in [-0.15, -0.1) is 0 Å². The predicted octanol–water partition coefficient (Wildman–Crippen LogP) is 0.315. The molecular formula is C20H30N4O7S. The van der Waals surface area contributed by atoms with E-state index in [0.717, 1.165) is 0 Å². The summed E-state index contributed by atoms with van der Waals surface area (Å²) in [5, 5.41) is 3.71. The normalized spacial score (nSPS) is 21.3. The highest BCUT2D eigenvalue weighted by Crippen LogP contribution is 2.28. The first-order valence-corrected chi connectivity index (χ1v) is 12.1. The number of nitrogens with zero attached hydrogens (tertiary/aromatic N) is 4. The molecule has 1 aromatic heterocycles. The second-order valence-corrected chi connectivity index (χ2v) is 10.1. The molecule has 3 heterocycles. The Morgan fingerprint density at radius 1 is 1.09 bits per heavy atom. The third-order valence-electron chi connectivity index (χ3n) is 5.96. The Balaban J connectivity index is 1.59. The highest BCUT2D eigenvalue weighted by molar-refractivity contribution is 7.89. The molecule has 2 aliphatic rings. The molecule has 2 aliphatic heterocycles. The minimum Gasteiger partial charge on any atom is -0.452 e. The van der Waals surface area contributed by atoms with Crippen LogP contribution < -0.4 is 0 Å². The fourth-order valence-corrected chi connectivity index (χ4v) is 5.96. The van der Waals surface area contributed by atoms with Crippen LogP contribution in [0.25, 0.3) is 0 Å². The molecule has 0 saturated carbocycles. The van der Waals surface area contributed by atoms with E-state index in [1.807, 2.05) is 0 Å². The van der Waals surface area contributed by atoms with E-state index in [2.05, 4.69) is 5.16 Å². The molecule has 3 rings (SSSR count). The number of ether oxygens (including phenoxy) is 1. The molecule has 2 atom stereocenters. The van der Waals surface area contributed by atoms with E-state index < -0.39 is 28.0 Å². The summed E-state index contributed by atoms with van der Waals surface area (Å²) < 4.78 is 37.8. The third kappa shape index (κ3) is 4.96. The number of esters is 1. The van der Waals surface area contributed by atoms with Gasteiger partial charge in [-0.25, -0.2) is 8.42 Å². The number of piperidine rings is 1. The first kappa shape index (κ1) is 24.2. The lowest BCUT2D eigenvalue weighted by Crippen LogP contribution is -2.53. The Hall–Kier alpha value is -2.47. The number of piperazine rings is 1. The van der Waals surface area contributed by atoms with Crippen molar-refractivity contribution < 1.29 is 32.1 Å². The lowest BCUT2D eigenvalue weighted by atomic mass is 10.00. The van der Waals surface area contributed by atoms with E-state index >= 15 is 0 Å². The average Bonchev–Trinajstić information content (AvgIpc) is 3.11. The smallest absolute Gasteiger partial charge is 0.311 e. The fraction of sp³-hybridized carbons (Fsp3) is 0.700. The lowest BCUT2D eigenvalue weighted by Gasteiger charge is -2.35. The number of carbonyl (C=O) groups excluding carboxylic acids is 3. The number of amides is 2. The molecule has 0 bridgehead atoms. The zero-order valence-electron chi connectivity index (χ0n) is 18.9. The summed E-state index contributed by atoms with van der Waals surface area (Å²) in [4.78, 5) is 40.1. The van der Waals surface area contributed by atoms with Crippen LogP contribution in [0.4, 0.5) is 0 Å². The van der Waals surface area contributed by atoms with Gasteiger partial charge in [-0.1, -0.05) is 5.16 Å². The molecule has 32 heavy (non-hydrogen) atoms. The van der Waals surface area contributed by atoms with Crippen molar-refractivity contribution in [3.8, 4) is 0 Å². The van der Waals surface area contributed by atoms with Gasteiger partial charge in [0, 0.05) is 46.2 Å². The van der Waals surface area contributed by atoms with Crippen LogP contribution in [0.15, 0.2) is 9.42 Å². The molecule has 2 fully saturated rings. The summed E-state index contributed by atoms with van der Waals surface area (Å²) >= 11 is 0. The molecular weight excluding hydrogens is 440 g/mol. The Labute approximate surface area is 187 Å². The maximum absolute atomic E-state index is 13.1. The number of aryl methyl sites for hydroxylation is 2. The highest BCUT2D eigenvalue weighted by Gasteiger charge is 2.38. The molecule has 0 radical (unpaired) electrons. The number of carbonyl (C=O) groups is 3. The molecule has 2 saturated heterocycles. The van der Waals surface area contributed by atoms with Crippen molar-refractivity contribution in [2.24, 2.45) is 5.92 Å². The maximum Gasteiger partial charge on any atom is 0.311 e. The largest absolute Gasteiger partial charge is 0.452 e. The van der Waals surface area contributed by atoms with Gasteiger partial charge in [0.2, 0.25) is 15.9 Å². The molecule has 178 valence electrons. The first-order valence-electron chi connectivity index (χ1n) is 10.7.